The fourth-order valence-electron chi connectivity index (χ4n) is 6.55. The quantitative estimate of drug-likeness (QED) is 0.444. The van der Waals surface area contributed by atoms with E-state index in [1.807, 2.05) is 17.5 Å². The van der Waals surface area contributed by atoms with Crippen molar-refractivity contribution < 1.29 is 32.3 Å². The molecule has 9 nitrogen and oxygen atoms in total. The third kappa shape index (κ3) is 5.38. The summed E-state index contributed by atoms with van der Waals surface area (Å²) in [4.78, 5) is 52.7. The first kappa shape index (κ1) is 27.9. The van der Waals surface area contributed by atoms with Crippen molar-refractivity contribution >= 4 is 23.6 Å². The smallest absolute Gasteiger partial charge is 0.356 e. The lowest BCUT2D eigenvalue weighted by molar-refractivity contribution is -0.176. The SMILES string of the molecule is CC(C)(C)[C@H](NC(=O)C(F)(F)F)C(=O)N1C[C@H]2[C@@H]([C@H]1C(=O)N[C@H](C#N)C[C@@H]1CCCNC1=O)[C@H]1C=C[C@@H]2C1. The zero-order chi connectivity index (χ0) is 28.0. The Kier molecular flexibility index (Phi) is 7.51. The Hall–Kier alpha value is -3.10. The average Bonchev–Trinajstić information content (AvgIpc) is 3.54. The summed E-state index contributed by atoms with van der Waals surface area (Å²) >= 11 is 0. The molecule has 4 rings (SSSR count). The first-order valence-electron chi connectivity index (χ1n) is 13.1. The van der Waals surface area contributed by atoms with Crippen molar-refractivity contribution in [2.45, 2.75) is 70.8 Å². The fraction of sp³-hybridized carbons (Fsp3) is 0.731. The number of carbonyl (C=O) groups excluding carboxylic acids is 4. The molecule has 0 aromatic carbocycles. The van der Waals surface area contributed by atoms with Crippen molar-refractivity contribution in [1.29, 1.82) is 5.26 Å². The van der Waals surface area contributed by atoms with E-state index in [2.05, 4.69) is 16.7 Å². The van der Waals surface area contributed by atoms with Gasteiger partial charge < -0.3 is 20.9 Å². The zero-order valence-electron chi connectivity index (χ0n) is 21.7. The van der Waals surface area contributed by atoms with E-state index in [0.717, 1.165) is 12.8 Å². The van der Waals surface area contributed by atoms with E-state index in [4.69, 9.17) is 0 Å². The van der Waals surface area contributed by atoms with Crippen LogP contribution in [0.25, 0.3) is 0 Å². The molecule has 12 heteroatoms. The van der Waals surface area contributed by atoms with Gasteiger partial charge in [-0.05, 0) is 54.8 Å². The minimum atomic E-state index is -5.17. The van der Waals surface area contributed by atoms with Gasteiger partial charge in [-0.2, -0.15) is 18.4 Å². The van der Waals surface area contributed by atoms with Crippen molar-refractivity contribution in [3.05, 3.63) is 12.2 Å². The highest BCUT2D eigenvalue weighted by molar-refractivity contribution is 5.94. The van der Waals surface area contributed by atoms with Crippen molar-refractivity contribution in [3.63, 3.8) is 0 Å². The third-order valence-corrected chi connectivity index (χ3v) is 8.39. The minimum Gasteiger partial charge on any atom is -0.356 e. The van der Waals surface area contributed by atoms with Gasteiger partial charge in [0.2, 0.25) is 17.7 Å². The maximum Gasteiger partial charge on any atom is 0.471 e. The molecular formula is C26H34F3N5O4. The van der Waals surface area contributed by atoms with E-state index in [9.17, 15) is 37.6 Å². The molecule has 2 saturated heterocycles. The number of rotatable bonds is 6. The summed E-state index contributed by atoms with van der Waals surface area (Å²) in [5.41, 5.74) is -1.07. The van der Waals surface area contributed by atoms with Crippen LogP contribution in [0.1, 0.15) is 46.5 Å². The summed E-state index contributed by atoms with van der Waals surface area (Å²) in [6.45, 7) is 5.37. The number of carbonyl (C=O) groups is 4. The summed E-state index contributed by atoms with van der Waals surface area (Å²) in [6.07, 6.45) is 1.22. The van der Waals surface area contributed by atoms with Crippen molar-refractivity contribution in [2.24, 2.45) is 35.0 Å². The molecule has 3 fully saturated rings. The largest absolute Gasteiger partial charge is 0.471 e. The Morgan fingerprint density at radius 3 is 2.47 bits per heavy atom. The van der Waals surface area contributed by atoms with Gasteiger partial charge in [-0.15, -0.1) is 0 Å². The molecule has 4 aliphatic rings. The van der Waals surface area contributed by atoms with Gasteiger partial charge in [0.1, 0.15) is 18.1 Å². The van der Waals surface area contributed by atoms with E-state index in [1.165, 1.54) is 4.90 Å². The summed E-state index contributed by atoms with van der Waals surface area (Å²) in [7, 11) is 0. The van der Waals surface area contributed by atoms with Gasteiger partial charge in [-0.1, -0.05) is 32.9 Å². The third-order valence-electron chi connectivity index (χ3n) is 8.39. The van der Waals surface area contributed by atoms with Crippen LogP contribution in [0.5, 0.6) is 0 Å². The normalized spacial score (nSPS) is 31.7. The summed E-state index contributed by atoms with van der Waals surface area (Å²) in [5, 5.41) is 17.0. The summed E-state index contributed by atoms with van der Waals surface area (Å²) in [6, 6.07) is -1.45. The van der Waals surface area contributed by atoms with E-state index in [1.54, 1.807) is 20.8 Å². The molecule has 0 unspecified atom stereocenters. The number of allylic oxidation sites excluding steroid dienone is 2. The number of alkyl halides is 3. The molecule has 208 valence electrons. The summed E-state index contributed by atoms with van der Waals surface area (Å²) in [5.74, 6) is -4.25. The predicted molar refractivity (Wildman–Crippen MR) is 129 cm³/mol. The Morgan fingerprint density at radius 1 is 1.18 bits per heavy atom. The van der Waals surface area contributed by atoms with E-state index >= 15 is 0 Å². The second kappa shape index (κ2) is 10.2. The second-order valence-electron chi connectivity index (χ2n) is 12.0. The monoisotopic (exact) mass is 537 g/mol. The van der Waals surface area contributed by atoms with Crippen molar-refractivity contribution in [3.8, 4) is 6.07 Å². The molecule has 0 aromatic rings. The molecule has 38 heavy (non-hydrogen) atoms. The highest BCUT2D eigenvalue weighted by Crippen LogP contribution is 2.54. The molecule has 8 atom stereocenters. The van der Waals surface area contributed by atoms with E-state index in [0.29, 0.717) is 13.0 Å². The number of hydrogen-bond donors (Lipinski definition) is 3. The molecule has 1 saturated carbocycles. The Bertz CT molecular complexity index is 1060. The maximum atomic E-state index is 13.8. The van der Waals surface area contributed by atoms with Gasteiger partial charge in [0.05, 0.1) is 6.07 Å². The van der Waals surface area contributed by atoms with Crippen LogP contribution < -0.4 is 16.0 Å². The van der Waals surface area contributed by atoms with Crippen LogP contribution in [-0.2, 0) is 19.2 Å². The van der Waals surface area contributed by atoms with Crippen molar-refractivity contribution in [1.82, 2.24) is 20.9 Å². The number of fused-ring (bicyclic) bond motifs is 5. The number of halogens is 3. The maximum absolute atomic E-state index is 13.8. The molecule has 0 radical (unpaired) electrons. The van der Waals surface area contributed by atoms with Crippen LogP contribution in [0.2, 0.25) is 0 Å². The first-order chi connectivity index (χ1) is 17.7. The molecule has 0 aromatic heterocycles. The van der Waals surface area contributed by atoms with Crippen LogP contribution in [-0.4, -0.2) is 65.9 Å². The predicted octanol–water partition coefficient (Wildman–Crippen LogP) is 1.65. The average molecular weight is 538 g/mol. The number of nitrogens with one attached hydrogen (secondary N) is 3. The standard InChI is InChI=1S/C26H34F3N5O4/c1-25(2,3)20(33-24(38)26(27,28)29)23(37)34-12-17-13-6-7-14(9-13)18(17)19(34)22(36)32-16(11-30)10-15-5-4-8-31-21(15)35/h6-7,13-20H,4-5,8-10,12H2,1-3H3,(H,31,35)(H,32,36)(H,33,38)/t13-,14+,15+,16+,17-,18+,19+,20-/m1/s1. The molecule has 3 N–H and O–H groups in total. The molecular weight excluding hydrogens is 503 g/mol. The number of nitrogens with zero attached hydrogens (tertiary/aromatic N) is 2. The van der Waals surface area contributed by atoms with Crippen LogP contribution >= 0.6 is 0 Å². The zero-order valence-corrected chi connectivity index (χ0v) is 21.7. The molecule has 2 aliphatic heterocycles. The Labute approximate surface area is 219 Å². The lowest BCUT2D eigenvalue weighted by atomic mass is 9.81. The number of hydrogen-bond acceptors (Lipinski definition) is 5. The van der Waals surface area contributed by atoms with Crippen molar-refractivity contribution in [2.75, 3.05) is 13.1 Å². The van der Waals surface area contributed by atoms with Gasteiger partial charge in [-0.25, -0.2) is 0 Å². The van der Waals surface area contributed by atoms with Gasteiger partial charge in [0.15, 0.2) is 0 Å². The van der Waals surface area contributed by atoms with E-state index in [-0.39, 0.29) is 42.5 Å². The van der Waals surface area contributed by atoms with Crippen LogP contribution in [0.3, 0.4) is 0 Å². The van der Waals surface area contributed by atoms with E-state index < -0.39 is 53.4 Å². The second-order valence-corrected chi connectivity index (χ2v) is 12.0. The number of nitriles is 1. The fourth-order valence-corrected chi connectivity index (χ4v) is 6.55. The number of amides is 4. The summed E-state index contributed by atoms with van der Waals surface area (Å²) < 4.78 is 39.2. The number of likely N-dealkylation sites (tertiary alicyclic amines) is 1. The highest BCUT2D eigenvalue weighted by Gasteiger charge is 2.59. The molecule has 0 spiro atoms. The minimum absolute atomic E-state index is 0.0288. The molecule has 2 bridgehead atoms. The van der Waals surface area contributed by atoms with Gasteiger partial charge in [0, 0.05) is 19.0 Å². The Balaban J connectivity index is 1.58. The lowest BCUT2D eigenvalue weighted by Crippen LogP contribution is -2.60. The van der Waals surface area contributed by atoms with Gasteiger partial charge in [-0.3, -0.25) is 19.2 Å². The molecule has 2 heterocycles. The highest BCUT2D eigenvalue weighted by atomic mass is 19.4. The lowest BCUT2D eigenvalue weighted by Gasteiger charge is -2.37. The molecule has 4 amide bonds. The van der Waals surface area contributed by atoms with Gasteiger partial charge in [0.25, 0.3) is 0 Å². The van der Waals surface area contributed by atoms with Crippen LogP contribution in [0, 0.1) is 46.3 Å². The van der Waals surface area contributed by atoms with Gasteiger partial charge >= 0.3 is 12.1 Å². The first-order valence-corrected chi connectivity index (χ1v) is 13.1. The molecule has 2 aliphatic carbocycles. The Morgan fingerprint density at radius 2 is 1.87 bits per heavy atom. The topological polar surface area (TPSA) is 131 Å². The number of piperidine rings is 1. The van der Waals surface area contributed by atoms with Crippen LogP contribution in [0.4, 0.5) is 13.2 Å². The van der Waals surface area contributed by atoms with Crippen LogP contribution in [0.15, 0.2) is 12.2 Å².